The number of hydrogen-bond donors (Lipinski definition) is 0. The summed E-state index contributed by atoms with van der Waals surface area (Å²) in [7, 11) is 0. The van der Waals surface area contributed by atoms with Crippen molar-refractivity contribution in [1.82, 2.24) is 0 Å². The average Bonchev–Trinajstić information content (AvgIpc) is 2.58. The van der Waals surface area contributed by atoms with Crippen LogP contribution in [-0.4, -0.2) is 12.2 Å². The number of rotatable bonds is 2. The zero-order valence-corrected chi connectivity index (χ0v) is 8.92. The molecular formula is C12H20O. The van der Waals surface area contributed by atoms with E-state index in [0.717, 1.165) is 24.4 Å². The molecule has 0 aliphatic heterocycles. The molecule has 74 valence electrons. The van der Waals surface area contributed by atoms with Gasteiger partial charge >= 0.3 is 0 Å². The molecular weight excluding hydrogens is 160 g/mol. The van der Waals surface area contributed by atoms with Gasteiger partial charge in [-0.3, -0.25) is 0 Å². The molecule has 0 amide bonds. The minimum atomic E-state index is 0.0333. The van der Waals surface area contributed by atoms with Gasteiger partial charge < -0.3 is 4.74 Å². The lowest BCUT2D eigenvalue weighted by molar-refractivity contribution is -0.0261. The first-order valence-corrected chi connectivity index (χ1v) is 5.37. The second kappa shape index (κ2) is 3.13. The van der Waals surface area contributed by atoms with Crippen molar-refractivity contribution >= 4 is 0 Å². The van der Waals surface area contributed by atoms with Crippen molar-refractivity contribution in [3.63, 3.8) is 0 Å². The first kappa shape index (κ1) is 9.26. The minimum absolute atomic E-state index is 0.0333. The van der Waals surface area contributed by atoms with Crippen molar-refractivity contribution < 1.29 is 4.74 Å². The summed E-state index contributed by atoms with van der Waals surface area (Å²) in [6.45, 7) is 7.36. The fourth-order valence-corrected chi connectivity index (χ4v) is 2.44. The Bertz CT molecular complexity index is 212. The number of hydrogen-bond acceptors (Lipinski definition) is 1. The first-order chi connectivity index (χ1) is 6.04. The minimum Gasteiger partial charge on any atom is -0.376 e. The third kappa shape index (κ3) is 2.14. The zero-order valence-electron chi connectivity index (χ0n) is 8.92. The smallest absolute Gasteiger partial charge is 0.0598 e. The third-order valence-electron chi connectivity index (χ3n) is 3.15. The first-order valence-electron chi connectivity index (χ1n) is 5.37. The van der Waals surface area contributed by atoms with Crippen LogP contribution in [0.15, 0.2) is 12.2 Å². The second-order valence-electron chi connectivity index (χ2n) is 5.46. The second-order valence-corrected chi connectivity index (χ2v) is 5.46. The van der Waals surface area contributed by atoms with Crippen molar-refractivity contribution in [3.8, 4) is 0 Å². The summed E-state index contributed by atoms with van der Waals surface area (Å²) in [6.07, 6.45) is 7.53. The molecule has 2 aliphatic carbocycles. The molecule has 0 aromatic carbocycles. The molecule has 1 nitrogen and oxygen atoms in total. The highest BCUT2D eigenvalue weighted by Crippen LogP contribution is 2.43. The highest BCUT2D eigenvalue weighted by atomic mass is 16.5. The van der Waals surface area contributed by atoms with E-state index >= 15 is 0 Å². The van der Waals surface area contributed by atoms with Crippen molar-refractivity contribution in [3.05, 3.63) is 12.2 Å². The Hall–Kier alpha value is -0.300. The molecule has 2 rings (SSSR count). The van der Waals surface area contributed by atoms with E-state index in [1.54, 1.807) is 0 Å². The Morgan fingerprint density at radius 1 is 1.23 bits per heavy atom. The molecule has 13 heavy (non-hydrogen) atoms. The number of ether oxygens (including phenoxy) is 1. The van der Waals surface area contributed by atoms with E-state index < -0.39 is 0 Å². The van der Waals surface area contributed by atoms with Crippen LogP contribution in [0.4, 0.5) is 0 Å². The molecule has 1 saturated carbocycles. The Morgan fingerprint density at radius 2 is 2.00 bits per heavy atom. The molecule has 1 heteroatoms. The summed E-state index contributed by atoms with van der Waals surface area (Å²) < 4.78 is 5.83. The van der Waals surface area contributed by atoms with E-state index in [9.17, 15) is 0 Å². The molecule has 0 N–H and O–H groups in total. The van der Waals surface area contributed by atoms with Gasteiger partial charge in [-0.15, -0.1) is 0 Å². The Morgan fingerprint density at radius 3 is 2.46 bits per heavy atom. The topological polar surface area (TPSA) is 9.23 Å². The highest BCUT2D eigenvalue weighted by molar-refractivity contribution is 5.10. The molecule has 0 saturated heterocycles. The van der Waals surface area contributed by atoms with Gasteiger partial charge in [-0.1, -0.05) is 12.2 Å². The van der Waals surface area contributed by atoms with Crippen molar-refractivity contribution in [1.29, 1.82) is 0 Å². The summed E-state index contributed by atoms with van der Waals surface area (Å²) in [6, 6.07) is 0. The van der Waals surface area contributed by atoms with E-state index in [4.69, 9.17) is 4.74 Å². The van der Waals surface area contributed by atoms with Crippen molar-refractivity contribution in [2.24, 2.45) is 17.8 Å². The van der Waals surface area contributed by atoms with Gasteiger partial charge in [0.2, 0.25) is 0 Å². The van der Waals surface area contributed by atoms with Gasteiger partial charge in [-0.2, -0.15) is 0 Å². The Balaban J connectivity index is 1.81. The summed E-state index contributed by atoms with van der Waals surface area (Å²) in [5.74, 6) is 2.50. The van der Waals surface area contributed by atoms with Crippen LogP contribution in [0.2, 0.25) is 0 Å². The quantitative estimate of drug-likeness (QED) is 0.593. The van der Waals surface area contributed by atoms with Crippen molar-refractivity contribution in [2.45, 2.75) is 39.2 Å². The fourth-order valence-electron chi connectivity index (χ4n) is 2.44. The van der Waals surface area contributed by atoms with E-state index in [-0.39, 0.29) is 5.60 Å². The monoisotopic (exact) mass is 180 g/mol. The standard InChI is InChI=1S/C12H20O/c1-12(2,3)13-8-11-7-9-4-5-10(11)6-9/h4-5,9-11H,6-8H2,1-3H3. The van der Waals surface area contributed by atoms with Crippen LogP contribution in [0.25, 0.3) is 0 Å². The molecule has 0 aromatic heterocycles. The van der Waals surface area contributed by atoms with Gasteiger partial charge in [0.25, 0.3) is 0 Å². The van der Waals surface area contributed by atoms with Gasteiger partial charge in [0, 0.05) is 0 Å². The number of fused-ring (bicyclic) bond motifs is 2. The lowest BCUT2D eigenvalue weighted by Gasteiger charge is -2.25. The maximum absolute atomic E-state index is 5.83. The highest BCUT2D eigenvalue weighted by Gasteiger charge is 2.36. The maximum atomic E-state index is 5.83. The average molecular weight is 180 g/mol. The van der Waals surface area contributed by atoms with E-state index in [1.807, 2.05) is 0 Å². The summed E-state index contributed by atoms with van der Waals surface area (Å²) in [5, 5.41) is 0. The lowest BCUT2D eigenvalue weighted by Crippen LogP contribution is -2.25. The van der Waals surface area contributed by atoms with Crippen LogP contribution < -0.4 is 0 Å². The molecule has 1 fully saturated rings. The van der Waals surface area contributed by atoms with Crippen LogP contribution in [-0.2, 0) is 4.74 Å². The molecule has 0 heterocycles. The van der Waals surface area contributed by atoms with Crippen LogP contribution in [0, 0.1) is 17.8 Å². The van der Waals surface area contributed by atoms with E-state index in [2.05, 4.69) is 32.9 Å². The maximum Gasteiger partial charge on any atom is 0.0598 e. The predicted molar refractivity (Wildman–Crippen MR) is 54.5 cm³/mol. The number of allylic oxidation sites excluding steroid dienone is 2. The molecule has 0 spiro atoms. The largest absolute Gasteiger partial charge is 0.376 e. The van der Waals surface area contributed by atoms with Gasteiger partial charge in [-0.25, -0.2) is 0 Å². The van der Waals surface area contributed by atoms with E-state index in [0.29, 0.717) is 0 Å². The Kier molecular flexibility index (Phi) is 2.23. The van der Waals surface area contributed by atoms with Gasteiger partial charge in [0.15, 0.2) is 0 Å². The summed E-state index contributed by atoms with van der Waals surface area (Å²) in [4.78, 5) is 0. The normalized spacial score (nSPS) is 37.3. The van der Waals surface area contributed by atoms with Gasteiger partial charge in [0.1, 0.15) is 0 Å². The molecule has 0 radical (unpaired) electrons. The van der Waals surface area contributed by atoms with Crippen LogP contribution >= 0.6 is 0 Å². The Labute approximate surface area is 81.2 Å². The molecule has 2 aliphatic rings. The predicted octanol–water partition coefficient (Wildman–Crippen LogP) is 3.01. The SMILES string of the molecule is CC(C)(C)OCC1CC2C=CC1C2. The van der Waals surface area contributed by atoms with Crippen molar-refractivity contribution in [2.75, 3.05) is 6.61 Å². The van der Waals surface area contributed by atoms with Crippen LogP contribution in [0.3, 0.4) is 0 Å². The molecule has 2 bridgehead atoms. The summed E-state index contributed by atoms with van der Waals surface area (Å²) >= 11 is 0. The van der Waals surface area contributed by atoms with Crippen LogP contribution in [0.5, 0.6) is 0 Å². The lowest BCUT2D eigenvalue weighted by atomic mass is 9.94. The fraction of sp³-hybridized carbons (Fsp3) is 0.833. The third-order valence-corrected chi connectivity index (χ3v) is 3.15. The zero-order chi connectivity index (χ0) is 9.47. The van der Waals surface area contributed by atoms with Gasteiger partial charge in [0.05, 0.1) is 12.2 Å². The molecule has 3 unspecified atom stereocenters. The van der Waals surface area contributed by atoms with E-state index in [1.165, 1.54) is 12.8 Å². The molecule has 3 atom stereocenters. The van der Waals surface area contributed by atoms with Crippen LogP contribution in [0.1, 0.15) is 33.6 Å². The van der Waals surface area contributed by atoms with Gasteiger partial charge in [-0.05, 0) is 51.4 Å². The summed E-state index contributed by atoms with van der Waals surface area (Å²) in [5.41, 5.74) is 0.0333. The molecule has 0 aromatic rings.